The number of phenols is 1. The molecule has 0 atom stereocenters. The maximum atomic E-state index is 12.4. The fourth-order valence-electron chi connectivity index (χ4n) is 2.93. The molecule has 0 saturated heterocycles. The molecular weight excluding hydrogens is 368 g/mol. The zero-order chi connectivity index (χ0) is 21.4. The van der Waals surface area contributed by atoms with Crippen LogP contribution in [0.1, 0.15) is 38.2 Å². The molecule has 0 spiro atoms. The molecule has 2 aromatic carbocycles. The lowest BCUT2D eigenvalue weighted by molar-refractivity contribution is 0.0489. The lowest BCUT2D eigenvalue weighted by Crippen LogP contribution is -2.21. The van der Waals surface area contributed by atoms with Crippen molar-refractivity contribution in [2.24, 2.45) is 4.99 Å². The smallest absolute Gasteiger partial charge is 0.376 e. The maximum absolute atomic E-state index is 12.4. The van der Waals surface area contributed by atoms with Crippen LogP contribution in [-0.2, 0) is 4.74 Å². The highest BCUT2D eigenvalue weighted by Crippen LogP contribution is 2.31. The highest BCUT2D eigenvalue weighted by molar-refractivity contribution is 6.01. The molecule has 0 amide bonds. The summed E-state index contributed by atoms with van der Waals surface area (Å²) in [5.41, 5.74) is 1.60. The summed E-state index contributed by atoms with van der Waals surface area (Å²) in [5, 5.41) is 15.5. The van der Waals surface area contributed by atoms with Crippen molar-refractivity contribution in [3.05, 3.63) is 52.8 Å². The predicted molar refractivity (Wildman–Crippen MR) is 118 cm³/mol. The second-order valence-electron chi connectivity index (χ2n) is 5.71. The molecule has 1 aromatic heterocycles. The van der Waals surface area contributed by atoms with Gasteiger partial charge in [0.25, 0.3) is 0 Å². The highest BCUT2D eigenvalue weighted by atomic mass is 16.5. The molecule has 0 aliphatic rings. The van der Waals surface area contributed by atoms with Crippen molar-refractivity contribution < 1.29 is 19.1 Å². The summed E-state index contributed by atoms with van der Waals surface area (Å²) < 4.78 is 10.8. The molecule has 152 valence electrons. The van der Waals surface area contributed by atoms with Gasteiger partial charge in [-0.3, -0.25) is 4.99 Å². The van der Waals surface area contributed by atoms with Crippen LogP contribution in [0.15, 0.2) is 45.8 Å². The van der Waals surface area contributed by atoms with Crippen molar-refractivity contribution in [2.45, 2.75) is 27.7 Å². The van der Waals surface area contributed by atoms with Crippen molar-refractivity contribution in [3.8, 4) is 5.75 Å². The average molecular weight is 394 g/mol. The van der Waals surface area contributed by atoms with E-state index in [4.69, 9.17) is 9.15 Å². The van der Waals surface area contributed by atoms with Gasteiger partial charge in [-0.05, 0) is 32.7 Å². The first-order valence-electron chi connectivity index (χ1n) is 9.50. The average Bonchev–Trinajstić information content (AvgIpc) is 3.08. The van der Waals surface area contributed by atoms with Crippen molar-refractivity contribution >= 4 is 47.1 Å². The van der Waals surface area contributed by atoms with E-state index in [9.17, 15) is 9.90 Å². The molecule has 0 fully saturated rings. The number of nitrogens with one attached hydrogen (secondary N) is 1. The van der Waals surface area contributed by atoms with Crippen molar-refractivity contribution in [1.82, 2.24) is 0 Å². The van der Waals surface area contributed by atoms with Gasteiger partial charge in [-0.2, -0.15) is 0 Å². The fourth-order valence-corrected chi connectivity index (χ4v) is 2.93. The molecule has 3 rings (SSSR count). The Balaban J connectivity index is 0.00000145. The largest absolute Gasteiger partial charge is 0.507 e. The number of benzene rings is 2. The Morgan fingerprint density at radius 3 is 2.59 bits per heavy atom. The van der Waals surface area contributed by atoms with E-state index in [1.165, 1.54) is 6.20 Å². The SMILES string of the molecule is C=N/C=c1/oc(C(=O)OCC)c(Nc2cccc3c(O)cccc23)/c1=C/C.CC. The Kier molecular flexibility index (Phi) is 7.60. The third kappa shape index (κ3) is 4.48. The fraction of sp³-hybridized carbons (Fsp3) is 0.217. The van der Waals surface area contributed by atoms with Gasteiger partial charge in [-0.25, -0.2) is 4.79 Å². The number of carbonyl (C=O) groups is 1. The first-order valence-corrected chi connectivity index (χ1v) is 9.50. The topological polar surface area (TPSA) is 84.1 Å². The zero-order valence-corrected chi connectivity index (χ0v) is 17.2. The highest BCUT2D eigenvalue weighted by Gasteiger charge is 2.21. The molecule has 0 unspecified atom stereocenters. The summed E-state index contributed by atoms with van der Waals surface area (Å²) >= 11 is 0. The van der Waals surface area contributed by atoms with E-state index >= 15 is 0 Å². The number of hydrogen-bond acceptors (Lipinski definition) is 6. The zero-order valence-electron chi connectivity index (χ0n) is 17.2. The number of hydrogen-bond donors (Lipinski definition) is 2. The predicted octanol–water partition coefficient (Wildman–Crippen LogP) is 4.32. The van der Waals surface area contributed by atoms with Crippen LogP contribution < -0.4 is 16.0 Å². The Morgan fingerprint density at radius 2 is 1.93 bits per heavy atom. The molecule has 0 aliphatic carbocycles. The minimum atomic E-state index is -0.574. The van der Waals surface area contributed by atoms with Gasteiger partial charge in [0, 0.05) is 21.7 Å². The van der Waals surface area contributed by atoms with E-state index < -0.39 is 5.97 Å². The van der Waals surface area contributed by atoms with E-state index in [1.807, 2.05) is 51.1 Å². The molecule has 1 heterocycles. The van der Waals surface area contributed by atoms with Crippen LogP contribution in [0.4, 0.5) is 11.4 Å². The first kappa shape index (κ1) is 21.8. The van der Waals surface area contributed by atoms with Crippen molar-refractivity contribution in [1.29, 1.82) is 0 Å². The monoisotopic (exact) mass is 394 g/mol. The third-order valence-corrected chi connectivity index (χ3v) is 4.09. The number of aliphatic imine (C=N–C) groups is 1. The molecule has 2 N–H and O–H groups in total. The van der Waals surface area contributed by atoms with E-state index in [0.717, 1.165) is 11.1 Å². The van der Waals surface area contributed by atoms with Gasteiger partial charge < -0.3 is 19.6 Å². The van der Waals surface area contributed by atoms with Gasteiger partial charge in [0.05, 0.1) is 12.8 Å². The van der Waals surface area contributed by atoms with Gasteiger partial charge in [0.2, 0.25) is 5.76 Å². The number of aromatic hydroxyl groups is 1. The second-order valence-corrected chi connectivity index (χ2v) is 5.71. The summed E-state index contributed by atoms with van der Waals surface area (Å²) in [6.45, 7) is 11.2. The summed E-state index contributed by atoms with van der Waals surface area (Å²) in [6.07, 6.45) is 3.26. The summed E-state index contributed by atoms with van der Waals surface area (Å²) in [4.78, 5) is 16.1. The van der Waals surface area contributed by atoms with E-state index in [2.05, 4.69) is 17.0 Å². The Hall–Kier alpha value is -3.54. The van der Waals surface area contributed by atoms with E-state index in [0.29, 0.717) is 21.7 Å². The Morgan fingerprint density at radius 1 is 1.24 bits per heavy atom. The first-order chi connectivity index (χ1) is 14.1. The standard InChI is InChI=1S/C21H20N2O4.C2H6/c1-4-13-18(12-22-3)27-20(21(25)26-5-2)19(13)23-16-10-6-9-15-14(16)8-7-11-17(15)24;1-2/h4,6-12,23-24H,3,5H2,1-2H3;1-2H3/b13-4+,18-12+;. The van der Waals surface area contributed by atoms with Gasteiger partial charge in [-0.15, -0.1) is 0 Å². The lowest BCUT2D eigenvalue weighted by Gasteiger charge is -2.10. The second kappa shape index (κ2) is 10.1. The molecule has 0 saturated carbocycles. The lowest BCUT2D eigenvalue weighted by atomic mass is 10.1. The van der Waals surface area contributed by atoms with Crippen LogP contribution >= 0.6 is 0 Å². The van der Waals surface area contributed by atoms with Crippen LogP contribution in [-0.4, -0.2) is 24.4 Å². The number of ether oxygens (including phenoxy) is 1. The normalized spacial score (nSPS) is 11.7. The minimum absolute atomic E-state index is 0.0528. The van der Waals surface area contributed by atoms with Crippen molar-refractivity contribution in [3.63, 3.8) is 0 Å². The minimum Gasteiger partial charge on any atom is -0.507 e. The molecule has 0 radical (unpaired) electrons. The van der Waals surface area contributed by atoms with Crippen LogP contribution in [0.25, 0.3) is 23.0 Å². The summed E-state index contributed by atoms with van der Waals surface area (Å²) in [5.74, 6) is -0.340. The Bertz CT molecular complexity index is 1130. The van der Waals surface area contributed by atoms with Crippen LogP contribution in [0.3, 0.4) is 0 Å². The molecule has 29 heavy (non-hydrogen) atoms. The van der Waals surface area contributed by atoms with Gasteiger partial charge >= 0.3 is 5.97 Å². The molecule has 6 heteroatoms. The van der Waals surface area contributed by atoms with E-state index in [1.54, 1.807) is 19.1 Å². The van der Waals surface area contributed by atoms with Gasteiger partial charge in [-0.1, -0.05) is 44.2 Å². The number of furan rings is 1. The summed E-state index contributed by atoms with van der Waals surface area (Å²) in [6, 6.07) is 10.8. The number of nitrogens with zero attached hydrogens (tertiary/aromatic N) is 1. The number of esters is 1. The van der Waals surface area contributed by atoms with Crippen LogP contribution in [0, 0.1) is 0 Å². The number of fused-ring (bicyclic) bond motifs is 1. The summed E-state index contributed by atoms with van der Waals surface area (Å²) in [7, 11) is 0. The van der Waals surface area contributed by atoms with Gasteiger partial charge in [0.1, 0.15) is 11.4 Å². The van der Waals surface area contributed by atoms with Crippen molar-refractivity contribution in [2.75, 3.05) is 11.9 Å². The maximum Gasteiger partial charge on any atom is 0.376 e. The van der Waals surface area contributed by atoms with Gasteiger partial charge in [0.15, 0.2) is 5.42 Å². The van der Waals surface area contributed by atoms with E-state index in [-0.39, 0.29) is 18.1 Å². The molecule has 3 aromatic rings. The number of phenolic OH excluding ortho intramolecular Hbond substituents is 1. The molecular formula is C23H26N2O4. The molecule has 0 aliphatic heterocycles. The third-order valence-electron chi connectivity index (χ3n) is 4.09. The van der Waals surface area contributed by atoms with Crippen LogP contribution in [0.5, 0.6) is 5.75 Å². The Labute approximate surface area is 169 Å². The number of carbonyl (C=O) groups excluding carboxylic acids is 1. The molecule has 0 bridgehead atoms. The molecule has 6 nitrogen and oxygen atoms in total. The van der Waals surface area contributed by atoms with Crippen LogP contribution in [0.2, 0.25) is 0 Å². The quantitative estimate of drug-likeness (QED) is 0.497. The number of anilines is 2. The number of rotatable bonds is 5.